The van der Waals surface area contributed by atoms with E-state index in [1.165, 1.54) is 35.4 Å². The van der Waals surface area contributed by atoms with Crippen LogP contribution in [0.15, 0.2) is 49.1 Å². The van der Waals surface area contributed by atoms with Crippen molar-refractivity contribution < 1.29 is 27.8 Å². The zero-order chi connectivity index (χ0) is 23.5. The average Bonchev–Trinajstić information content (AvgIpc) is 3.34. The molecule has 1 fully saturated rings. The lowest BCUT2D eigenvalue weighted by molar-refractivity contribution is -0.0498. The molecular formula is C22H22F3N5O3. The van der Waals surface area contributed by atoms with Gasteiger partial charge in [0.1, 0.15) is 29.8 Å². The number of anilines is 1. The number of hydrogen-bond acceptors (Lipinski definition) is 7. The third kappa shape index (κ3) is 5.14. The van der Waals surface area contributed by atoms with Crippen molar-refractivity contribution in [3.63, 3.8) is 0 Å². The number of aromatic nitrogens is 4. The molecule has 3 aromatic rings. The maximum Gasteiger partial charge on any atom is 0.387 e. The maximum absolute atomic E-state index is 14.4. The zero-order valence-corrected chi connectivity index (χ0v) is 17.6. The van der Waals surface area contributed by atoms with Crippen LogP contribution in [0.5, 0.6) is 5.75 Å². The summed E-state index contributed by atoms with van der Waals surface area (Å²) >= 11 is 0. The van der Waals surface area contributed by atoms with Gasteiger partial charge in [0.25, 0.3) is 0 Å². The Kier molecular flexibility index (Phi) is 6.59. The number of aliphatic hydroxyl groups excluding tert-OH is 1. The van der Waals surface area contributed by atoms with Crippen LogP contribution in [0.2, 0.25) is 0 Å². The fourth-order valence-electron chi connectivity index (χ4n) is 3.86. The second-order valence-electron chi connectivity index (χ2n) is 7.94. The summed E-state index contributed by atoms with van der Waals surface area (Å²) in [4.78, 5) is 21.0. The van der Waals surface area contributed by atoms with Gasteiger partial charge in [-0.2, -0.15) is 13.9 Å². The summed E-state index contributed by atoms with van der Waals surface area (Å²) in [6.07, 6.45) is 1.98. The Morgan fingerprint density at radius 2 is 2.18 bits per heavy atom. The number of halogens is 3. The van der Waals surface area contributed by atoms with E-state index in [2.05, 4.69) is 25.1 Å². The Balaban J connectivity index is 1.49. The Morgan fingerprint density at radius 3 is 2.91 bits per heavy atom. The molecule has 0 saturated heterocycles. The smallest absolute Gasteiger partial charge is 0.387 e. The van der Waals surface area contributed by atoms with Gasteiger partial charge in [0.05, 0.1) is 24.3 Å². The standard InChI is InChI=1S/C22H22F3N5O3/c1-12-7-17(18(23)19(12)31)28-21-15(9-26-11-27-21)20(32)16-5-6-30(29-16)10-13-3-2-4-14(8-13)33-22(24)25/h2-6,8-9,11-12,17-19,22,31H,7,10H2,1H3,(H,26,27,28)/t12-,17-,18-,19-/m1/s1. The van der Waals surface area contributed by atoms with Gasteiger partial charge < -0.3 is 15.2 Å². The molecule has 0 radical (unpaired) electrons. The van der Waals surface area contributed by atoms with Crippen LogP contribution in [-0.2, 0) is 6.54 Å². The molecule has 0 unspecified atom stereocenters. The van der Waals surface area contributed by atoms with Gasteiger partial charge in [-0.15, -0.1) is 0 Å². The van der Waals surface area contributed by atoms with Gasteiger partial charge in [0.2, 0.25) is 5.78 Å². The minimum Gasteiger partial charge on any atom is -0.435 e. The Bertz CT molecular complexity index is 1130. The van der Waals surface area contributed by atoms with Gasteiger partial charge in [-0.05, 0) is 36.1 Å². The first-order chi connectivity index (χ1) is 15.8. The van der Waals surface area contributed by atoms with Crippen LogP contribution >= 0.6 is 0 Å². The lowest BCUT2D eigenvalue weighted by Gasteiger charge is -2.18. The number of benzene rings is 1. The van der Waals surface area contributed by atoms with Crippen molar-refractivity contribution >= 4 is 11.6 Å². The average molecular weight is 461 g/mol. The minimum atomic E-state index is -2.92. The van der Waals surface area contributed by atoms with Gasteiger partial charge >= 0.3 is 6.61 Å². The van der Waals surface area contributed by atoms with Crippen molar-refractivity contribution in [3.05, 3.63) is 65.9 Å². The maximum atomic E-state index is 14.4. The second-order valence-corrected chi connectivity index (χ2v) is 7.94. The van der Waals surface area contributed by atoms with Crippen molar-refractivity contribution in [2.75, 3.05) is 5.32 Å². The van der Waals surface area contributed by atoms with Crippen molar-refractivity contribution in [3.8, 4) is 5.75 Å². The van der Waals surface area contributed by atoms with Crippen molar-refractivity contribution in [2.45, 2.75) is 44.8 Å². The molecule has 11 heteroatoms. The van der Waals surface area contributed by atoms with Crippen LogP contribution in [0.4, 0.5) is 19.0 Å². The number of hydrogen-bond donors (Lipinski definition) is 2. The van der Waals surface area contributed by atoms with E-state index < -0.39 is 30.7 Å². The second kappa shape index (κ2) is 9.57. The first kappa shape index (κ1) is 22.7. The Hall–Kier alpha value is -3.47. The topological polar surface area (TPSA) is 102 Å². The number of ether oxygens (including phenoxy) is 1. The first-order valence-corrected chi connectivity index (χ1v) is 10.3. The van der Waals surface area contributed by atoms with E-state index in [-0.39, 0.29) is 35.3 Å². The summed E-state index contributed by atoms with van der Waals surface area (Å²) in [7, 11) is 0. The monoisotopic (exact) mass is 461 g/mol. The highest BCUT2D eigenvalue weighted by atomic mass is 19.3. The highest BCUT2D eigenvalue weighted by molar-refractivity contribution is 6.10. The summed E-state index contributed by atoms with van der Waals surface area (Å²) in [5.74, 6) is -0.497. The lowest BCUT2D eigenvalue weighted by Crippen LogP contribution is -2.32. The Labute approximate surface area is 187 Å². The summed E-state index contributed by atoms with van der Waals surface area (Å²) < 4.78 is 45.1. The third-order valence-corrected chi connectivity index (χ3v) is 5.54. The van der Waals surface area contributed by atoms with E-state index in [9.17, 15) is 23.1 Å². The van der Waals surface area contributed by atoms with Crippen LogP contribution < -0.4 is 10.1 Å². The summed E-state index contributed by atoms with van der Waals surface area (Å²) in [6.45, 7) is -0.938. The number of aliphatic hydroxyl groups is 1. The van der Waals surface area contributed by atoms with Crippen molar-refractivity contribution in [2.24, 2.45) is 5.92 Å². The first-order valence-electron chi connectivity index (χ1n) is 10.3. The van der Waals surface area contributed by atoms with Gasteiger partial charge in [-0.1, -0.05) is 19.1 Å². The molecule has 0 amide bonds. The molecule has 0 bridgehead atoms. The molecule has 2 heterocycles. The summed E-state index contributed by atoms with van der Waals surface area (Å²) in [5, 5.41) is 17.1. The molecule has 4 rings (SSSR count). The molecule has 0 spiro atoms. The van der Waals surface area contributed by atoms with E-state index in [0.29, 0.717) is 12.0 Å². The lowest BCUT2D eigenvalue weighted by atomic mass is 10.1. The van der Waals surface area contributed by atoms with Crippen LogP contribution in [-0.4, -0.2) is 55.6 Å². The number of carbonyl (C=O) groups excluding carboxylic acids is 1. The SMILES string of the molecule is C[C@@H]1C[C@@H](Nc2ncncc2C(=O)c2ccn(Cc3cccc(OC(F)F)c3)n2)[C@@H](F)[C@@H]1O. The van der Waals surface area contributed by atoms with E-state index in [4.69, 9.17) is 0 Å². The molecule has 33 heavy (non-hydrogen) atoms. The van der Waals surface area contributed by atoms with E-state index >= 15 is 0 Å². The number of ketones is 1. The molecule has 1 aliphatic rings. The van der Waals surface area contributed by atoms with E-state index in [1.54, 1.807) is 25.3 Å². The predicted molar refractivity (Wildman–Crippen MR) is 112 cm³/mol. The largest absolute Gasteiger partial charge is 0.435 e. The van der Waals surface area contributed by atoms with Crippen molar-refractivity contribution in [1.29, 1.82) is 0 Å². The van der Waals surface area contributed by atoms with Gasteiger partial charge in [0.15, 0.2) is 0 Å². The molecule has 1 saturated carbocycles. The van der Waals surface area contributed by atoms with Crippen LogP contribution in [0.25, 0.3) is 0 Å². The fourth-order valence-corrected chi connectivity index (χ4v) is 3.86. The van der Waals surface area contributed by atoms with Crippen LogP contribution in [0.3, 0.4) is 0 Å². The molecule has 1 aliphatic carbocycles. The third-order valence-electron chi connectivity index (χ3n) is 5.54. The molecule has 174 valence electrons. The van der Waals surface area contributed by atoms with Crippen molar-refractivity contribution in [1.82, 2.24) is 19.7 Å². The molecule has 4 atom stereocenters. The van der Waals surface area contributed by atoms with Gasteiger partial charge in [-0.25, -0.2) is 14.4 Å². The van der Waals surface area contributed by atoms with E-state index in [0.717, 1.165) is 0 Å². The predicted octanol–water partition coefficient (Wildman–Crippen LogP) is 3.07. The zero-order valence-electron chi connectivity index (χ0n) is 17.6. The Morgan fingerprint density at radius 1 is 1.36 bits per heavy atom. The summed E-state index contributed by atoms with van der Waals surface area (Å²) in [6, 6.07) is 7.02. The number of nitrogens with one attached hydrogen (secondary N) is 1. The number of carbonyl (C=O) groups is 1. The quantitative estimate of drug-likeness (QED) is 0.497. The molecular weight excluding hydrogens is 439 g/mol. The molecule has 2 aromatic heterocycles. The van der Waals surface area contributed by atoms with Gasteiger partial charge in [-0.3, -0.25) is 9.48 Å². The molecule has 0 aliphatic heterocycles. The molecule has 8 nitrogen and oxygen atoms in total. The minimum absolute atomic E-state index is 0.0284. The molecule has 2 N–H and O–H groups in total. The number of rotatable bonds is 8. The number of alkyl halides is 3. The molecule has 1 aromatic carbocycles. The normalized spacial score (nSPS) is 22.5. The number of nitrogens with zero attached hydrogens (tertiary/aromatic N) is 4. The van der Waals surface area contributed by atoms with E-state index in [1.807, 2.05) is 0 Å². The highest BCUT2D eigenvalue weighted by Gasteiger charge is 2.41. The van der Waals surface area contributed by atoms with Crippen LogP contribution in [0.1, 0.15) is 35.0 Å². The highest BCUT2D eigenvalue weighted by Crippen LogP contribution is 2.31. The summed E-state index contributed by atoms with van der Waals surface area (Å²) in [5.41, 5.74) is 0.893. The fraction of sp³-hybridized carbons (Fsp3) is 0.364. The van der Waals surface area contributed by atoms with Gasteiger partial charge in [0, 0.05) is 12.4 Å². The van der Waals surface area contributed by atoms with Crippen LogP contribution in [0, 0.1) is 5.92 Å².